The first-order valence-electron chi connectivity index (χ1n) is 10.9. The summed E-state index contributed by atoms with van der Waals surface area (Å²) in [6.45, 7) is 3.73. The van der Waals surface area contributed by atoms with Crippen LogP contribution in [-0.4, -0.2) is 41.7 Å². The number of piperidine rings is 1. The highest BCUT2D eigenvalue weighted by Gasteiger charge is 2.51. The van der Waals surface area contributed by atoms with E-state index in [0.717, 1.165) is 6.42 Å². The van der Waals surface area contributed by atoms with Crippen molar-refractivity contribution in [3.63, 3.8) is 0 Å². The first kappa shape index (κ1) is 25.5. The molecule has 1 aliphatic carbocycles. The van der Waals surface area contributed by atoms with Crippen molar-refractivity contribution in [3.8, 4) is 11.6 Å². The van der Waals surface area contributed by atoms with Gasteiger partial charge in [-0.25, -0.2) is 13.4 Å². The van der Waals surface area contributed by atoms with Crippen LogP contribution in [0.15, 0.2) is 54.1 Å². The highest BCUT2D eigenvalue weighted by Crippen LogP contribution is 2.47. The molecule has 4 rings (SSSR count). The van der Waals surface area contributed by atoms with E-state index >= 15 is 0 Å². The zero-order valence-electron chi connectivity index (χ0n) is 18.5. The van der Waals surface area contributed by atoms with E-state index in [-0.39, 0.29) is 40.0 Å². The van der Waals surface area contributed by atoms with Crippen molar-refractivity contribution in [2.24, 2.45) is 0 Å². The molecular formula is C23H23ClF3N3O4S. The van der Waals surface area contributed by atoms with Gasteiger partial charge in [-0.2, -0.15) is 17.5 Å². The lowest BCUT2D eigenvalue weighted by atomic mass is 9.70. The summed E-state index contributed by atoms with van der Waals surface area (Å²) < 4.78 is 72.3. The number of ether oxygens (including phenoxy) is 1. The lowest BCUT2D eigenvalue weighted by molar-refractivity contribution is -0.137. The third-order valence-corrected chi connectivity index (χ3v) is 8.70. The van der Waals surface area contributed by atoms with Crippen molar-refractivity contribution < 1.29 is 31.1 Å². The lowest BCUT2D eigenvalue weighted by Crippen LogP contribution is -2.63. The van der Waals surface area contributed by atoms with Gasteiger partial charge in [0.15, 0.2) is 0 Å². The average molecular weight is 530 g/mol. The zero-order valence-corrected chi connectivity index (χ0v) is 20.1. The highest BCUT2D eigenvalue weighted by molar-refractivity contribution is 7.89. The van der Waals surface area contributed by atoms with Gasteiger partial charge in [0.25, 0.3) is 0 Å². The molecule has 1 unspecified atom stereocenters. The Bertz CT molecular complexity index is 1230. The maximum atomic E-state index is 13.5. The lowest BCUT2D eigenvalue weighted by Gasteiger charge is -2.54. The fourth-order valence-corrected chi connectivity index (χ4v) is 6.60. The number of alkyl halides is 3. The van der Waals surface area contributed by atoms with Gasteiger partial charge in [-0.05, 0) is 68.5 Å². The topological polar surface area (TPSA) is 88.6 Å². The van der Waals surface area contributed by atoms with Crippen LogP contribution >= 0.6 is 11.6 Å². The molecule has 1 aromatic heterocycles. The van der Waals surface area contributed by atoms with Gasteiger partial charge in [-0.15, -0.1) is 0 Å². The Balaban J connectivity index is 1.50. The fourth-order valence-electron chi connectivity index (χ4n) is 4.54. The SMILES string of the molecule is C=CC(=O)NC1CCN(S(=O)(=O)c2ccc(Oc3ncc(C(F)(F)F)cc3Cl)cc2)C2(CCC2)C1. The standard InChI is InChI=1S/C23H23ClF3N3O4S/c1-2-20(31)29-16-8-11-30(22(13-16)9-3-10-22)35(32,33)18-6-4-17(5-7-18)34-21-19(24)12-15(14-28-21)23(25,26)27/h2,4-7,12,14,16H,1,3,8-11,13H2,(H,29,31). The number of hydrogen-bond acceptors (Lipinski definition) is 5. The predicted octanol–water partition coefficient (Wildman–Crippen LogP) is 4.92. The van der Waals surface area contributed by atoms with E-state index in [4.69, 9.17) is 16.3 Å². The number of halogens is 4. The molecule has 1 saturated carbocycles. The Kier molecular flexibility index (Phi) is 6.87. The molecule has 12 heteroatoms. The number of benzene rings is 1. The van der Waals surface area contributed by atoms with Crippen LogP contribution in [0.25, 0.3) is 0 Å². The Morgan fingerprint density at radius 3 is 2.51 bits per heavy atom. The van der Waals surface area contributed by atoms with Gasteiger partial charge in [0, 0.05) is 24.3 Å². The molecule has 1 atom stereocenters. The third kappa shape index (κ3) is 5.17. The van der Waals surface area contributed by atoms with Crippen LogP contribution in [0.4, 0.5) is 13.2 Å². The van der Waals surface area contributed by atoms with Gasteiger partial charge in [0.2, 0.25) is 21.8 Å². The number of pyridine rings is 1. The Morgan fingerprint density at radius 2 is 1.97 bits per heavy atom. The van der Waals surface area contributed by atoms with Crippen LogP contribution in [-0.2, 0) is 21.0 Å². The first-order valence-corrected chi connectivity index (χ1v) is 12.7. The van der Waals surface area contributed by atoms with Gasteiger partial charge in [-0.1, -0.05) is 18.2 Å². The molecular weight excluding hydrogens is 507 g/mol. The van der Waals surface area contributed by atoms with Crippen molar-refractivity contribution in [2.45, 2.75) is 54.8 Å². The molecule has 1 spiro atoms. The summed E-state index contributed by atoms with van der Waals surface area (Å²) in [6.07, 6.45) is 0.576. The second-order valence-corrected chi connectivity index (χ2v) is 10.9. The number of hydrogen-bond donors (Lipinski definition) is 1. The van der Waals surface area contributed by atoms with E-state index in [0.29, 0.717) is 37.9 Å². The number of nitrogens with one attached hydrogen (secondary N) is 1. The normalized spacial score (nSPS) is 20.2. The maximum Gasteiger partial charge on any atom is 0.417 e. The molecule has 2 aromatic rings. The Hall–Kier alpha value is -2.63. The van der Waals surface area contributed by atoms with Gasteiger partial charge < -0.3 is 10.1 Å². The highest BCUT2D eigenvalue weighted by atomic mass is 35.5. The summed E-state index contributed by atoms with van der Waals surface area (Å²) in [5, 5.41) is 2.55. The second kappa shape index (κ2) is 9.44. The third-order valence-electron chi connectivity index (χ3n) is 6.41. The number of nitrogens with zero attached hydrogens (tertiary/aromatic N) is 2. The summed E-state index contributed by atoms with van der Waals surface area (Å²) in [5.41, 5.74) is -1.54. The summed E-state index contributed by atoms with van der Waals surface area (Å²) >= 11 is 5.88. The van der Waals surface area contributed by atoms with Crippen molar-refractivity contribution >= 4 is 27.5 Å². The van der Waals surface area contributed by atoms with Crippen molar-refractivity contribution in [2.75, 3.05) is 6.54 Å². The monoisotopic (exact) mass is 529 g/mol. The van der Waals surface area contributed by atoms with Crippen LogP contribution in [0.3, 0.4) is 0 Å². The van der Waals surface area contributed by atoms with Crippen LogP contribution in [0, 0.1) is 0 Å². The first-order chi connectivity index (χ1) is 16.4. The van der Waals surface area contributed by atoms with E-state index in [9.17, 15) is 26.4 Å². The smallest absolute Gasteiger partial charge is 0.417 e. The van der Waals surface area contributed by atoms with Crippen LogP contribution < -0.4 is 10.1 Å². The largest absolute Gasteiger partial charge is 0.438 e. The molecule has 35 heavy (non-hydrogen) atoms. The number of sulfonamides is 1. The minimum atomic E-state index is -4.59. The Morgan fingerprint density at radius 1 is 1.29 bits per heavy atom. The van der Waals surface area contributed by atoms with Crippen LogP contribution in [0.2, 0.25) is 5.02 Å². The number of amides is 1. The van der Waals surface area contributed by atoms with E-state index < -0.39 is 27.3 Å². The minimum absolute atomic E-state index is 0.0659. The molecule has 1 aliphatic heterocycles. The number of aromatic nitrogens is 1. The molecule has 2 fully saturated rings. The van der Waals surface area contributed by atoms with E-state index in [2.05, 4.69) is 16.9 Å². The molecule has 2 aliphatic rings. The number of carbonyl (C=O) groups excluding carboxylic acids is 1. The quantitative estimate of drug-likeness (QED) is 0.536. The molecule has 2 heterocycles. The van der Waals surface area contributed by atoms with Gasteiger partial charge in [0.05, 0.1) is 10.5 Å². The zero-order chi connectivity index (χ0) is 25.4. The summed E-state index contributed by atoms with van der Waals surface area (Å²) in [7, 11) is -3.83. The molecule has 7 nitrogen and oxygen atoms in total. The molecule has 188 valence electrons. The van der Waals surface area contributed by atoms with Gasteiger partial charge >= 0.3 is 6.18 Å². The molecule has 1 aromatic carbocycles. The average Bonchev–Trinajstić information content (AvgIpc) is 2.78. The molecule has 1 saturated heterocycles. The molecule has 0 bridgehead atoms. The molecule has 1 amide bonds. The van der Waals surface area contributed by atoms with E-state index in [1.165, 1.54) is 34.6 Å². The summed E-state index contributed by atoms with van der Waals surface area (Å²) in [5.74, 6) is -0.339. The van der Waals surface area contributed by atoms with Gasteiger partial charge in [-0.3, -0.25) is 4.79 Å². The molecule has 0 radical (unpaired) electrons. The van der Waals surface area contributed by atoms with Crippen molar-refractivity contribution in [1.82, 2.24) is 14.6 Å². The second-order valence-electron chi connectivity index (χ2n) is 8.64. The minimum Gasteiger partial charge on any atom is -0.438 e. The van der Waals surface area contributed by atoms with Crippen LogP contribution in [0.1, 0.15) is 37.7 Å². The van der Waals surface area contributed by atoms with Crippen molar-refractivity contribution in [3.05, 3.63) is 59.8 Å². The fraction of sp³-hybridized carbons (Fsp3) is 0.391. The maximum absolute atomic E-state index is 13.5. The number of rotatable bonds is 6. The summed E-state index contributed by atoms with van der Waals surface area (Å²) in [6, 6.07) is 6.13. The van der Waals surface area contributed by atoms with Crippen LogP contribution in [0.5, 0.6) is 11.6 Å². The van der Waals surface area contributed by atoms with E-state index in [1.54, 1.807) is 0 Å². The van der Waals surface area contributed by atoms with Crippen molar-refractivity contribution in [1.29, 1.82) is 0 Å². The molecule has 1 N–H and O–H groups in total. The summed E-state index contributed by atoms with van der Waals surface area (Å²) in [4.78, 5) is 15.4. The number of carbonyl (C=O) groups is 1. The van der Waals surface area contributed by atoms with Gasteiger partial charge in [0.1, 0.15) is 10.8 Å². The van der Waals surface area contributed by atoms with E-state index in [1.807, 2.05) is 0 Å². The Labute approximate surface area is 206 Å². The predicted molar refractivity (Wildman–Crippen MR) is 123 cm³/mol.